The standard InChI is InChI=1S/C13H16N4O3S/c1-13(2,12(19)20)17-8-9(7-15-17)16-10(18)3-4-11-14-5-6-21-11/h5-8H,3-4H2,1-2H3,(H,16,18)(H,19,20). The summed E-state index contributed by atoms with van der Waals surface area (Å²) in [4.78, 5) is 27.1. The van der Waals surface area contributed by atoms with E-state index in [1.54, 1.807) is 6.20 Å². The molecule has 0 bridgehead atoms. The van der Waals surface area contributed by atoms with Crippen LogP contribution in [0, 0.1) is 0 Å². The van der Waals surface area contributed by atoms with Crippen LogP contribution >= 0.6 is 11.3 Å². The highest BCUT2D eigenvalue weighted by Gasteiger charge is 2.30. The van der Waals surface area contributed by atoms with Gasteiger partial charge in [0, 0.05) is 30.6 Å². The smallest absolute Gasteiger partial charge is 0.331 e. The summed E-state index contributed by atoms with van der Waals surface area (Å²) in [7, 11) is 0. The van der Waals surface area contributed by atoms with Crippen LogP contribution in [0.15, 0.2) is 24.0 Å². The molecule has 21 heavy (non-hydrogen) atoms. The van der Waals surface area contributed by atoms with Gasteiger partial charge in [0.15, 0.2) is 5.54 Å². The Labute approximate surface area is 125 Å². The summed E-state index contributed by atoms with van der Waals surface area (Å²) < 4.78 is 1.31. The van der Waals surface area contributed by atoms with E-state index in [1.165, 1.54) is 42.3 Å². The summed E-state index contributed by atoms with van der Waals surface area (Å²) in [6.07, 6.45) is 5.55. The van der Waals surface area contributed by atoms with Crippen molar-refractivity contribution in [2.45, 2.75) is 32.2 Å². The van der Waals surface area contributed by atoms with Crippen LogP contribution in [-0.4, -0.2) is 31.7 Å². The second kappa shape index (κ2) is 6.04. The molecular weight excluding hydrogens is 292 g/mol. The number of carboxylic acids is 1. The fourth-order valence-electron chi connectivity index (χ4n) is 1.61. The SMILES string of the molecule is CC(C)(C(=O)O)n1cc(NC(=O)CCc2nccs2)cn1. The molecular formula is C13H16N4O3S. The molecule has 0 saturated carbocycles. The fourth-order valence-corrected chi connectivity index (χ4v) is 2.23. The number of carbonyl (C=O) groups is 2. The molecule has 2 aromatic heterocycles. The molecule has 2 rings (SSSR count). The van der Waals surface area contributed by atoms with Crippen molar-refractivity contribution in [3.63, 3.8) is 0 Å². The van der Waals surface area contributed by atoms with Crippen LogP contribution in [0.1, 0.15) is 25.3 Å². The van der Waals surface area contributed by atoms with Gasteiger partial charge in [-0.05, 0) is 13.8 Å². The number of aliphatic carboxylic acids is 1. The van der Waals surface area contributed by atoms with Crippen molar-refractivity contribution >= 4 is 28.9 Å². The van der Waals surface area contributed by atoms with Gasteiger partial charge < -0.3 is 10.4 Å². The van der Waals surface area contributed by atoms with E-state index in [1.807, 2.05) is 5.38 Å². The zero-order chi connectivity index (χ0) is 15.5. The minimum Gasteiger partial charge on any atom is -0.479 e. The molecule has 2 heterocycles. The van der Waals surface area contributed by atoms with Gasteiger partial charge in [-0.25, -0.2) is 9.78 Å². The van der Waals surface area contributed by atoms with Gasteiger partial charge in [0.05, 0.1) is 16.9 Å². The van der Waals surface area contributed by atoms with E-state index >= 15 is 0 Å². The van der Waals surface area contributed by atoms with Crippen LogP contribution in [-0.2, 0) is 21.5 Å². The van der Waals surface area contributed by atoms with E-state index in [2.05, 4.69) is 15.4 Å². The number of nitrogens with zero attached hydrogens (tertiary/aromatic N) is 3. The number of thiazole rings is 1. The predicted octanol–water partition coefficient (Wildman–Crippen LogP) is 1.73. The number of amides is 1. The summed E-state index contributed by atoms with van der Waals surface area (Å²) >= 11 is 1.51. The number of carbonyl (C=O) groups excluding carboxylic acids is 1. The van der Waals surface area contributed by atoms with E-state index in [-0.39, 0.29) is 5.91 Å². The van der Waals surface area contributed by atoms with Crippen molar-refractivity contribution in [2.24, 2.45) is 0 Å². The lowest BCUT2D eigenvalue weighted by atomic mass is 10.1. The van der Waals surface area contributed by atoms with Crippen molar-refractivity contribution < 1.29 is 14.7 Å². The summed E-state index contributed by atoms with van der Waals surface area (Å²) in [5.74, 6) is -1.15. The topological polar surface area (TPSA) is 97.1 Å². The minimum absolute atomic E-state index is 0.155. The lowest BCUT2D eigenvalue weighted by molar-refractivity contribution is -0.146. The van der Waals surface area contributed by atoms with Crippen molar-refractivity contribution in [1.82, 2.24) is 14.8 Å². The number of anilines is 1. The average molecular weight is 308 g/mol. The molecule has 0 aliphatic rings. The second-order valence-corrected chi connectivity index (χ2v) is 5.99. The first-order valence-electron chi connectivity index (χ1n) is 6.36. The third kappa shape index (κ3) is 3.66. The monoisotopic (exact) mass is 308 g/mol. The van der Waals surface area contributed by atoms with E-state index < -0.39 is 11.5 Å². The van der Waals surface area contributed by atoms with Crippen LogP contribution in [0.5, 0.6) is 0 Å². The molecule has 0 spiro atoms. The van der Waals surface area contributed by atoms with E-state index in [4.69, 9.17) is 5.11 Å². The molecule has 0 radical (unpaired) electrons. The zero-order valence-corrected chi connectivity index (χ0v) is 12.6. The minimum atomic E-state index is -1.16. The summed E-state index contributed by atoms with van der Waals surface area (Å²) in [6.45, 7) is 3.08. The fraction of sp³-hybridized carbons (Fsp3) is 0.385. The first kappa shape index (κ1) is 15.2. The molecule has 8 heteroatoms. The highest BCUT2D eigenvalue weighted by molar-refractivity contribution is 7.09. The Bertz CT molecular complexity index is 634. The van der Waals surface area contributed by atoms with Crippen LogP contribution in [0.3, 0.4) is 0 Å². The maximum absolute atomic E-state index is 11.8. The Balaban J connectivity index is 1.93. The van der Waals surface area contributed by atoms with E-state index in [0.29, 0.717) is 18.5 Å². The van der Waals surface area contributed by atoms with Crippen molar-refractivity contribution in [2.75, 3.05) is 5.32 Å². The van der Waals surface area contributed by atoms with Gasteiger partial charge in [0.1, 0.15) is 0 Å². The molecule has 2 N–H and O–H groups in total. The van der Waals surface area contributed by atoms with Gasteiger partial charge in [0.25, 0.3) is 0 Å². The van der Waals surface area contributed by atoms with Gasteiger partial charge in [0.2, 0.25) is 5.91 Å². The van der Waals surface area contributed by atoms with Crippen LogP contribution < -0.4 is 5.32 Å². The first-order valence-corrected chi connectivity index (χ1v) is 7.24. The van der Waals surface area contributed by atoms with Crippen molar-refractivity contribution in [3.8, 4) is 0 Å². The quantitative estimate of drug-likeness (QED) is 0.847. The normalized spacial score (nSPS) is 11.3. The second-order valence-electron chi connectivity index (χ2n) is 5.01. The molecule has 2 aromatic rings. The number of carboxylic acid groups (broad SMARTS) is 1. The van der Waals surface area contributed by atoms with Gasteiger partial charge in [-0.15, -0.1) is 11.3 Å². The Hall–Kier alpha value is -2.22. The third-order valence-electron chi connectivity index (χ3n) is 3.01. The number of aryl methyl sites for hydroxylation is 1. The third-order valence-corrected chi connectivity index (χ3v) is 3.85. The Morgan fingerprint density at radius 3 is 2.86 bits per heavy atom. The lowest BCUT2D eigenvalue weighted by Crippen LogP contribution is -2.35. The Morgan fingerprint density at radius 1 is 1.48 bits per heavy atom. The number of aromatic nitrogens is 3. The van der Waals surface area contributed by atoms with Gasteiger partial charge >= 0.3 is 5.97 Å². The summed E-state index contributed by atoms with van der Waals surface area (Å²) in [5.41, 5.74) is -0.683. The lowest BCUT2D eigenvalue weighted by Gasteiger charge is -2.19. The molecule has 0 fully saturated rings. The molecule has 1 amide bonds. The number of hydrogen-bond acceptors (Lipinski definition) is 5. The molecule has 0 atom stereocenters. The molecule has 0 saturated heterocycles. The first-order chi connectivity index (χ1) is 9.89. The number of hydrogen-bond donors (Lipinski definition) is 2. The molecule has 7 nitrogen and oxygen atoms in total. The highest BCUT2D eigenvalue weighted by Crippen LogP contribution is 2.17. The van der Waals surface area contributed by atoms with Crippen LogP contribution in [0.2, 0.25) is 0 Å². The van der Waals surface area contributed by atoms with E-state index in [9.17, 15) is 9.59 Å². The maximum atomic E-state index is 11.8. The van der Waals surface area contributed by atoms with Gasteiger partial charge in [-0.1, -0.05) is 0 Å². The molecule has 0 aliphatic carbocycles. The summed E-state index contributed by atoms with van der Waals surface area (Å²) in [5, 5.41) is 18.6. The Morgan fingerprint density at radius 2 is 2.24 bits per heavy atom. The predicted molar refractivity (Wildman–Crippen MR) is 78.2 cm³/mol. The number of rotatable bonds is 6. The molecule has 0 aliphatic heterocycles. The average Bonchev–Trinajstić information content (AvgIpc) is 3.07. The van der Waals surface area contributed by atoms with Crippen LogP contribution in [0.25, 0.3) is 0 Å². The van der Waals surface area contributed by atoms with E-state index in [0.717, 1.165) is 5.01 Å². The largest absolute Gasteiger partial charge is 0.479 e. The molecule has 0 aromatic carbocycles. The summed E-state index contributed by atoms with van der Waals surface area (Å²) in [6, 6.07) is 0. The highest BCUT2D eigenvalue weighted by atomic mass is 32.1. The Kier molecular flexibility index (Phi) is 4.37. The maximum Gasteiger partial charge on any atom is 0.331 e. The van der Waals surface area contributed by atoms with Crippen LogP contribution in [0.4, 0.5) is 5.69 Å². The van der Waals surface area contributed by atoms with Gasteiger partial charge in [-0.2, -0.15) is 5.10 Å². The molecule has 112 valence electrons. The van der Waals surface area contributed by atoms with Crippen molar-refractivity contribution in [1.29, 1.82) is 0 Å². The van der Waals surface area contributed by atoms with Gasteiger partial charge in [-0.3, -0.25) is 9.48 Å². The number of nitrogens with one attached hydrogen (secondary N) is 1. The van der Waals surface area contributed by atoms with Crippen molar-refractivity contribution in [3.05, 3.63) is 29.0 Å². The zero-order valence-electron chi connectivity index (χ0n) is 11.7. The molecule has 0 unspecified atom stereocenters.